The van der Waals surface area contributed by atoms with Crippen LogP contribution >= 0.6 is 0 Å². The summed E-state index contributed by atoms with van der Waals surface area (Å²) in [7, 11) is 1.72. The molecule has 0 fully saturated rings. The first-order chi connectivity index (χ1) is 13.8. The van der Waals surface area contributed by atoms with Crippen LogP contribution in [0.2, 0.25) is 0 Å². The van der Waals surface area contributed by atoms with Crippen LogP contribution in [0.25, 0.3) is 6.08 Å². The van der Waals surface area contributed by atoms with E-state index in [1.54, 1.807) is 29.2 Å². The Labute approximate surface area is 172 Å². The molecule has 0 spiro atoms. The smallest absolute Gasteiger partial charge is 0.410 e. The highest BCUT2D eigenvalue weighted by Gasteiger charge is 2.18. The first-order valence-electron chi connectivity index (χ1n) is 9.60. The Kier molecular flexibility index (Phi) is 7.95. The maximum atomic E-state index is 12.0. The average molecular weight is 396 g/mol. The molecule has 0 saturated heterocycles. The molecule has 0 aliphatic rings. The number of aromatic nitrogens is 1. The van der Waals surface area contributed by atoms with Crippen molar-refractivity contribution in [3.05, 3.63) is 66.0 Å². The maximum absolute atomic E-state index is 12.0. The van der Waals surface area contributed by atoms with E-state index in [2.05, 4.69) is 4.98 Å². The van der Waals surface area contributed by atoms with Crippen LogP contribution in [-0.2, 0) is 16.1 Å². The van der Waals surface area contributed by atoms with Crippen molar-refractivity contribution in [1.82, 2.24) is 9.88 Å². The van der Waals surface area contributed by atoms with E-state index >= 15 is 0 Å². The zero-order chi connectivity index (χ0) is 21.3. The third-order valence-corrected chi connectivity index (χ3v) is 4.05. The molecule has 29 heavy (non-hydrogen) atoms. The van der Waals surface area contributed by atoms with Crippen molar-refractivity contribution in [2.75, 3.05) is 18.5 Å². The molecule has 0 radical (unpaired) electrons. The Morgan fingerprint density at radius 2 is 1.90 bits per heavy atom. The summed E-state index contributed by atoms with van der Waals surface area (Å²) in [4.78, 5) is 30.9. The standard InChI is InChI=1S/C23H29N3O3/c1-23(2,3)29-22(28)25(4)13-9-8-12-20-14-21(16-24-15-20)26(18-27)17-19-10-6-5-7-11-19/h5-8,10-12,14-16,18H,9,13,17H2,1-4H3/b12-8+. The molecule has 6 nitrogen and oxygen atoms in total. The Balaban J connectivity index is 1.93. The Morgan fingerprint density at radius 1 is 1.17 bits per heavy atom. The van der Waals surface area contributed by atoms with Crippen molar-refractivity contribution in [3.63, 3.8) is 0 Å². The lowest BCUT2D eigenvalue weighted by atomic mass is 10.2. The monoisotopic (exact) mass is 395 g/mol. The highest BCUT2D eigenvalue weighted by atomic mass is 16.6. The lowest BCUT2D eigenvalue weighted by Gasteiger charge is -2.24. The van der Waals surface area contributed by atoms with E-state index in [4.69, 9.17) is 4.74 Å². The molecule has 0 saturated carbocycles. The van der Waals surface area contributed by atoms with Gasteiger partial charge in [-0.25, -0.2) is 4.79 Å². The summed E-state index contributed by atoms with van der Waals surface area (Å²) in [6.07, 6.45) is 8.48. The molecule has 0 atom stereocenters. The average Bonchev–Trinajstić information content (AvgIpc) is 2.69. The van der Waals surface area contributed by atoms with Gasteiger partial charge in [0.1, 0.15) is 5.60 Å². The molecule has 2 rings (SSSR count). The molecule has 1 heterocycles. The maximum Gasteiger partial charge on any atom is 0.410 e. The van der Waals surface area contributed by atoms with Gasteiger partial charge in [0.15, 0.2) is 0 Å². The van der Waals surface area contributed by atoms with E-state index in [0.717, 1.165) is 23.2 Å². The minimum Gasteiger partial charge on any atom is -0.444 e. The summed E-state index contributed by atoms with van der Waals surface area (Å²) in [5.41, 5.74) is 2.17. The fourth-order valence-electron chi connectivity index (χ4n) is 2.58. The number of nitrogens with zero attached hydrogens (tertiary/aromatic N) is 3. The molecule has 0 aliphatic carbocycles. The van der Waals surface area contributed by atoms with E-state index in [0.29, 0.717) is 19.5 Å². The number of ether oxygens (including phenoxy) is 1. The largest absolute Gasteiger partial charge is 0.444 e. The lowest BCUT2D eigenvalue weighted by Crippen LogP contribution is -2.34. The SMILES string of the molecule is CN(CC/C=C/c1cncc(N(C=O)Cc2ccccc2)c1)C(=O)OC(C)(C)C. The van der Waals surface area contributed by atoms with Gasteiger partial charge in [0.2, 0.25) is 6.41 Å². The van der Waals surface area contributed by atoms with E-state index in [-0.39, 0.29) is 6.09 Å². The van der Waals surface area contributed by atoms with Gasteiger partial charge >= 0.3 is 6.09 Å². The second kappa shape index (κ2) is 10.4. The predicted molar refractivity (Wildman–Crippen MR) is 115 cm³/mol. The van der Waals surface area contributed by atoms with Gasteiger partial charge in [-0.3, -0.25) is 9.78 Å². The molecule has 1 aromatic heterocycles. The molecule has 0 unspecified atom stereocenters. The number of benzene rings is 1. The summed E-state index contributed by atoms with van der Waals surface area (Å²) in [6.45, 7) is 6.57. The second-order valence-electron chi connectivity index (χ2n) is 7.79. The van der Waals surface area contributed by atoms with Crippen molar-refractivity contribution in [2.45, 2.75) is 39.3 Å². The van der Waals surface area contributed by atoms with Crippen molar-refractivity contribution in [1.29, 1.82) is 0 Å². The van der Waals surface area contributed by atoms with Gasteiger partial charge in [-0.2, -0.15) is 0 Å². The minimum atomic E-state index is -0.502. The minimum absolute atomic E-state index is 0.336. The van der Waals surface area contributed by atoms with E-state index in [1.807, 2.05) is 69.3 Å². The molecule has 6 heteroatoms. The summed E-state index contributed by atoms with van der Waals surface area (Å²) in [5, 5.41) is 0. The third-order valence-electron chi connectivity index (χ3n) is 4.05. The molecule has 0 bridgehead atoms. The van der Waals surface area contributed by atoms with Crippen LogP contribution < -0.4 is 4.90 Å². The van der Waals surface area contributed by atoms with E-state index < -0.39 is 5.60 Å². The van der Waals surface area contributed by atoms with Gasteiger partial charge in [0, 0.05) is 19.8 Å². The highest BCUT2D eigenvalue weighted by molar-refractivity contribution is 5.75. The van der Waals surface area contributed by atoms with Crippen molar-refractivity contribution in [3.8, 4) is 0 Å². The molecule has 154 valence electrons. The van der Waals surface area contributed by atoms with Crippen LogP contribution in [0.1, 0.15) is 38.3 Å². The van der Waals surface area contributed by atoms with Crippen LogP contribution in [0.4, 0.5) is 10.5 Å². The molecule has 2 aromatic rings. The molecular weight excluding hydrogens is 366 g/mol. The van der Waals surface area contributed by atoms with Crippen LogP contribution in [0, 0.1) is 0 Å². The van der Waals surface area contributed by atoms with Gasteiger partial charge in [-0.15, -0.1) is 0 Å². The zero-order valence-electron chi connectivity index (χ0n) is 17.5. The number of carbonyl (C=O) groups is 2. The predicted octanol–water partition coefficient (Wildman–Crippen LogP) is 4.51. The number of hydrogen-bond donors (Lipinski definition) is 0. The Bertz CT molecular complexity index is 829. The van der Waals surface area contributed by atoms with Crippen LogP contribution in [-0.4, -0.2) is 41.6 Å². The van der Waals surface area contributed by atoms with Gasteiger partial charge in [-0.1, -0.05) is 42.5 Å². The van der Waals surface area contributed by atoms with Crippen LogP contribution in [0.15, 0.2) is 54.9 Å². The van der Waals surface area contributed by atoms with Crippen molar-refractivity contribution < 1.29 is 14.3 Å². The first kappa shape index (κ1) is 22.1. The number of carbonyl (C=O) groups excluding carboxylic acids is 2. The normalized spacial score (nSPS) is 11.3. The molecule has 2 amide bonds. The van der Waals surface area contributed by atoms with Crippen molar-refractivity contribution in [2.24, 2.45) is 0 Å². The molecular formula is C23H29N3O3. The molecule has 1 aromatic carbocycles. The number of pyridine rings is 1. The summed E-state index contributed by atoms with van der Waals surface area (Å²) in [6, 6.07) is 11.7. The lowest BCUT2D eigenvalue weighted by molar-refractivity contribution is -0.107. The Morgan fingerprint density at radius 3 is 2.55 bits per heavy atom. The van der Waals surface area contributed by atoms with E-state index in [9.17, 15) is 9.59 Å². The quantitative estimate of drug-likeness (QED) is 0.617. The van der Waals surface area contributed by atoms with Gasteiger partial charge in [-0.05, 0) is 44.4 Å². The Hall–Kier alpha value is -3.15. The number of amides is 2. The first-order valence-corrected chi connectivity index (χ1v) is 9.60. The summed E-state index contributed by atoms with van der Waals surface area (Å²) < 4.78 is 5.33. The van der Waals surface area contributed by atoms with Gasteiger partial charge < -0.3 is 14.5 Å². The summed E-state index contributed by atoms with van der Waals surface area (Å²) >= 11 is 0. The van der Waals surface area contributed by atoms with Crippen LogP contribution in [0.5, 0.6) is 0 Å². The van der Waals surface area contributed by atoms with Gasteiger partial charge in [0.25, 0.3) is 0 Å². The molecule has 0 aliphatic heterocycles. The summed E-state index contributed by atoms with van der Waals surface area (Å²) in [5.74, 6) is 0. The highest BCUT2D eigenvalue weighted by Crippen LogP contribution is 2.17. The second-order valence-corrected chi connectivity index (χ2v) is 7.79. The fourth-order valence-corrected chi connectivity index (χ4v) is 2.58. The fraction of sp³-hybridized carbons (Fsp3) is 0.348. The number of hydrogen-bond acceptors (Lipinski definition) is 4. The van der Waals surface area contributed by atoms with Crippen LogP contribution in [0.3, 0.4) is 0 Å². The topological polar surface area (TPSA) is 62.7 Å². The van der Waals surface area contributed by atoms with E-state index in [1.165, 1.54) is 0 Å². The van der Waals surface area contributed by atoms with Gasteiger partial charge in [0.05, 0.1) is 18.4 Å². The van der Waals surface area contributed by atoms with Crippen molar-refractivity contribution >= 4 is 24.3 Å². The molecule has 0 N–H and O–H groups in total. The number of rotatable bonds is 8. The zero-order valence-corrected chi connectivity index (χ0v) is 17.5. The third kappa shape index (κ3) is 7.78. The number of anilines is 1.